The summed E-state index contributed by atoms with van der Waals surface area (Å²) in [5.41, 5.74) is 2.92. The van der Waals surface area contributed by atoms with Gasteiger partial charge in [-0.3, -0.25) is 9.89 Å². The number of halogens is 1. The molecule has 0 spiro atoms. The molecule has 1 unspecified atom stereocenters. The highest BCUT2D eigenvalue weighted by molar-refractivity contribution is 5.82. The van der Waals surface area contributed by atoms with Crippen LogP contribution in [-0.2, 0) is 13.0 Å². The maximum absolute atomic E-state index is 14.6. The van der Waals surface area contributed by atoms with Gasteiger partial charge in [0.2, 0.25) is 0 Å². The van der Waals surface area contributed by atoms with E-state index in [2.05, 4.69) is 33.4 Å². The van der Waals surface area contributed by atoms with Crippen LogP contribution in [0.1, 0.15) is 29.7 Å². The second-order valence-electron chi connectivity index (χ2n) is 8.56. The number of likely N-dealkylation sites (N-methyl/N-ethyl adjacent to an activating group) is 1. The highest BCUT2D eigenvalue weighted by atomic mass is 19.1. The Balaban J connectivity index is 1.45. The first kappa shape index (κ1) is 22.3. The predicted molar refractivity (Wildman–Crippen MR) is 126 cm³/mol. The molecule has 1 saturated heterocycles. The van der Waals surface area contributed by atoms with Crippen molar-refractivity contribution >= 4 is 5.96 Å². The van der Waals surface area contributed by atoms with Gasteiger partial charge in [0.25, 0.3) is 0 Å². The Morgan fingerprint density at radius 1 is 1.19 bits per heavy atom. The number of phenols is 1. The fourth-order valence-corrected chi connectivity index (χ4v) is 4.26. The lowest BCUT2D eigenvalue weighted by Gasteiger charge is -2.35. The maximum atomic E-state index is 14.6. The molecule has 2 heterocycles. The van der Waals surface area contributed by atoms with Gasteiger partial charge in [-0.05, 0) is 54.8 Å². The van der Waals surface area contributed by atoms with Gasteiger partial charge in [-0.2, -0.15) is 0 Å². The summed E-state index contributed by atoms with van der Waals surface area (Å²) in [6, 6.07) is 13.0. The summed E-state index contributed by atoms with van der Waals surface area (Å²) in [6.07, 6.45) is 4.77. The Labute approximate surface area is 189 Å². The third kappa shape index (κ3) is 5.29. The molecule has 170 valence electrons. The Bertz CT molecular complexity index is 975. The van der Waals surface area contributed by atoms with E-state index in [0.29, 0.717) is 19.1 Å². The largest absolute Gasteiger partial charge is 0.508 e. The molecule has 0 aliphatic carbocycles. The van der Waals surface area contributed by atoms with Crippen LogP contribution in [0.4, 0.5) is 4.39 Å². The number of aromatic hydroxyl groups is 1. The number of nitrogens with one attached hydrogen (secondary N) is 2. The molecule has 2 atom stereocenters. The van der Waals surface area contributed by atoms with Crippen LogP contribution < -0.4 is 10.6 Å². The number of benzene rings is 2. The molecule has 6 nitrogen and oxygen atoms in total. The normalized spacial score (nSPS) is 22.8. The summed E-state index contributed by atoms with van der Waals surface area (Å²) in [7, 11) is 2.00. The van der Waals surface area contributed by atoms with Crippen molar-refractivity contribution in [2.45, 2.75) is 32.0 Å². The lowest BCUT2D eigenvalue weighted by atomic mass is 10.0. The molecule has 0 bridgehead atoms. The zero-order valence-electron chi connectivity index (χ0n) is 18.8. The smallest absolute Gasteiger partial charge is 0.198 e. The van der Waals surface area contributed by atoms with E-state index in [1.807, 2.05) is 37.5 Å². The van der Waals surface area contributed by atoms with Crippen LogP contribution >= 0.6 is 0 Å². The Morgan fingerprint density at radius 3 is 2.78 bits per heavy atom. The molecule has 2 aliphatic heterocycles. The third-order valence-corrected chi connectivity index (χ3v) is 6.26. The first-order valence-corrected chi connectivity index (χ1v) is 11.2. The number of rotatable bonds is 6. The SMILES string of the molecule is C[C@H]1CNCCN1Cc1cc(C2C=CNC(=NCCc3ccc(O)cc3)N2C)ccc1F. The summed E-state index contributed by atoms with van der Waals surface area (Å²) in [4.78, 5) is 9.14. The van der Waals surface area contributed by atoms with E-state index >= 15 is 0 Å². The van der Waals surface area contributed by atoms with Crippen molar-refractivity contribution in [2.24, 2.45) is 4.99 Å². The zero-order valence-corrected chi connectivity index (χ0v) is 18.8. The van der Waals surface area contributed by atoms with E-state index in [-0.39, 0.29) is 17.6 Å². The molecule has 2 aromatic rings. The molecule has 0 aromatic heterocycles. The van der Waals surface area contributed by atoms with E-state index in [4.69, 9.17) is 4.99 Å². The number of hydrogen-bond donors (Lipinski definition) is 3. The molecule has 2 aromatic carbocycles. The lowest BCUT2D eigenvalue weighted by Crippen LogP contribution is -2.49. The monoisotopic (exact) mass is 437 g/mol. The van der Waals surface area contributed by atoms with E-state index in [0.717, 1.165) is 48.7 Å². The summed E-state index contributed by atoms with van der Waals surface area (Å²) in [6.45, 7) is 6.23. The zero-order chi connectivity index (χ0) is 22.5. The molecule has 2 aliphatic rings. The lowest BCUT2D eigenvalue weighted by molar-refractivity contribution is 0.163. The second kappa shape index (κ2) is 10.1. The molecule has 0 radical (unpaired) electrons. The van der Waals surface area contributed by atoms with E-state index in [1.165, 1.54) is 0 Å². The van der Waals surface area contributed by atoms with Crippen molar-refractivity contribution in [3.05, 3.63) is 77.2 Å². The fourth-order valence-electron chi connectivity index (χ4n) is 4.26. The van der Waals surface area contributed by atoms with Crippen LogP contribution in [0.15, 0.2) is 59.7 Å². The Kier molecular flexibility index (Phi) is 7.07. The summed E-state index contributed by atoms with van der Waals surface area (Å²) in [5, 5.41) is 16.0. The quantitative estimate of drug-likeness (QED) is 0.649. The van der Waals surface area contributed by atoms with Crippen molar-refractivity contribution < 1.29 is 9.50 Å². The van der Waals surface area contributed by atoms with Gasteiger partial charge < -0.3 is 20.6 Å². The van der Waals surface area contributed by atoms with Crippen molar-refractivity contribution in [2.75, 3.05) is 33.2 Å². The van der Waals surface area contributed by atoms with Crippen molar-refractivity contribution in [3.8, 4) is 5.75 Å². The molecule has 4 rings (SSSR count). The van der Waals surface area contributed by atoms with Crippen LogP contribution in [-0.4, -0.2) is 60.1 Å². The highest BCUT2D eigenvalue weighted by Crippen LogP contribution is 2.26. The van der Waals surface area contributed by atoms with E-state index < -0.39 is 0 Å². The minimum Gasteiger partial charge on any atom is -0.508 e. The molecule has 32 heavy (non-hydrogen) atoms. The van der Waals surface area contributed by atoms with Crippen LogP contribution in [0.3, 0.4) is 0 Å². The first-order valence-electron chi connectivity index (χ1n) is 11.2. The first-order chi connectivity index (χ1) is 15.5. The van der Waals surface area contributed by atoms with Crippen molar-refractivity contribution in [1.29, 1.82) is 0 Å². The molecule has 3 N–H and O–H groups in total. The minimum atomic E-state index is -0.150. The average molecular weight is 438 g/mol. The average Bonchev–Trinajstić information content (AvgIpc) is 2.79. The van der Waals surface area contributed by atoms with Gasteiger partial charge in [0.15, 0.2) is 5.96 Å². The number of hydrogen-bond acceptors (Lipinski definition) is 4. The molecular weight excluding hydrogens is 405 g/mol. The summed E-state index contributed by atoms with van der Waals surface area (Å²) in [5.74, 6) is 0.910. The van der Waals surface area contributed by atoms with Gasteiger partial charge in [-0.25, -0.2) is 4.39 Å². The van der Waals surface area contributed by atoms with Crippen molar-refractivity contribution in [1.82, 2.24) is 20.4 Å². The highest BCUT2D eigenvalue weighted by Gasteiger charge is 2.23. The molecule has 0 saturated carbocycles. The second-order valence-corrected chi connectivity index (χ2v) is 8.56. The van der Waals surface area contributed by atoms with Crippen LogP contribution in [0, 0.1) is 5.82 Å². The van der Waals surface area contributed by atoms with E-state index in [9.17, 15) is 9.50 Å². The third-order valence-electron chi connectivity index (χ3n) is 6.26. The number of phenolic OH excluding ortho intramolecular Hbond substituents is 1. The predicted octanol–water partition coefficient (Wildman–Crippen LogP) is 3.01. The van der Waals surface area contributed by atoms with E-state index in [1.54, 1.807) is 18.2 Å². The number of aliphatic imine (C=N–C) groups is 1. The topological polar surface area (TPSA) is 63.1 Å². The van der Waals surface area contributed by atoms with Crippen LogP contribution in [0.25, 0.3) is 0 Å². The number of guanidine groups is 1. The molecule has 0 amide bonds. The van der Waals surface area contributed by atoms with Gasteiger partial charge in [0, 0.05) is 57.6 Å². The number of piperazine rings is 1. The fraction of sp³-hybridized carbons (Fsp3) is 0.400. The molecule has 1 fully saturated rings. The summed E-state index contributed by atoms with van der Waals surface area (Å²) >= 11 is 0. The van der Waals surface area contributed by atoms with Gasteiger partial charge >= 0.3 is 0 Å². The maximum Gasteiger partial charge on any atom is 0.198 e. The van der Waals surface area contributed by atoms with Gasteiger partial charge in [0.05, 0.1) is 6.04 Å². The standard InChI is InChI=1S/C25H32FN5O/c1-18-16-27-13-14-31(18)17-21-15-20(5-8-23(21)26)24-10-12-29-25(30(24)2)28-11-9-19-3-6-22(32)7-4-19/h3-8,10,12,15,18,24,27,32H,9,11,13-14,16-17H2,1-2H3,(H,28,29)/t18-,24?/m0/s1. The van der Waals surface area contributed by atoms with Gasteiger partial charge in [-0.1, -0.05) is 18.2 Å². The Morgan fingerprint density at radius 2 is 2.00 bits per heavy atom. The Hall–Kier alpha value is -2.90. The van der Waals surface area contributed by atoms with Crippen LogP contribution in [0.5, 0.6) is 5.75 Å². The summed E-state index contributed by atoms with van der Waals surface area (Å²) < 4.78 is 14.6. The number of nitrogens with zero attached hydrogens (tertiary/aromatic N) is 3. The van der Waals surface area contributed by atoms with Gasteiger partial charge in [-0.15, -0.1) is 0 Å². The van der Waals surface area contributed by atoms with Crippen LogP contribution in [0.2, 0.25) is 0 Å². The molecular formula is C25H32FN5O. The minimum absolute atomic E-state index is 0.0107. The van der Waals surface area contributed by atoms with Crippen molar-refractivity contribution in [3.63, 3.8) is 0 Å². The molecule has 7 heteroatoms. The van der Waals surface area contributed by atoms with Gasteiger partial charge in [0.1, 0.15) is 11.6 Å².